The molecule has 1 saturated heterocycles. The third kappa shape index (κ3) is 4.84. The van der Waals surface area contributed by atoms with Gasteiger partial charge < -0.3 is 20.3 Å². The van der Waals surface area contributed by atoms with E-state index < -0.39 is 11.6 Å². The van der Waals surface area contributed by atoms with E-state index >= 15 is 0 Å². The lowest BCUT2D eigenvalue weighted by molar-refractivity contribution is -0.614. The van der Waals surface area contributed by atoms with Gasteiger partial charge in [-0.25, -0.2) is 4.79 Å². The molecule has 1 aliphatic heterocycles. The summed E-state index contributed by atoms with van der Waals surface area (Å²) in [6.07, 6.45) is 6.28. The molecule has 7 heteroatoms. The number of aromatic nitrogens is 1. The van der Waals surface area contributed by atoms with Crippen LogP contribution in [0.1, 0.15) is 65.0 Å². The molecule has 0 saturated carbocycles. The number of likely N-dealkylation sites (tertiary alicyclic amines) is 1. The van der Waals surface area contributed by atoms with Crippen LogP contribution in [0.4, 0.5) is 0 Å². The van der Waals surface area contributed by atoms with Crippen molar-refractivity contribution >= 4 is 23.1 Å². The quantitative estimate of drug-likeness (QED) is 0.348. The van der Waals surface area contributed by atoms with Crippen molar-refractivity contribution in [2.45, 2.75) is 45.1 Å². The molecule has 1 atom stereocenters. The molecule has 2 N–H and O–H groups in total. The molecule has 6 nitrogen and oxygen atoms in total. The smallest absolute Gasteiger partial charge is 0.335 e. The largest absolute Gasteiger partial charge is 0.618 e. The SMILES string of the molecule is CC1(C)CN(CCC=C2c3cc(C(=O)O)ccc3CCc3c2ccc[n+]3[O-])CC[C@@]1(O)c1ccc(Cl)cc1. The molecule has 0 spiro atoms. The Morgan fingerprint density at radius 1 is 1.13 bits per heavy atom. The van der Waals surface area contributed by atoms with Crippen LogP contribution in [0.3, 0.4) is 0 Å². The van der Waals surface area contributed by atoms with E-state index in [0.717, 1.165) is 58.6 Å². The fourth-order valence-electron chi connectivity index (χ4n) is 6.08. The summed E-state index contributed by atoms with van der Waals surface area (Å²) in [6.45, 7) is 6.47. The summed E-state index contributed by atoms with van der Waals surface area (Å²) in [5.74, 6) is -0.965. The van der Waals surface area contributed by atoms with Gasteiger partial charge in [0, 0.05) is 42.6 Å². The number of halogens is 1. The number of fused-ring (bicyclic) bond motifs is 2. The molecule has 5 rings (SSSR count). The molecule has 3 aromatic rings. The van der Waals surface area contributed by atoms with Gasteiger partial charge in [0.1, 0.15) is 0 Å². The molecule has 198 valence electrons. The zero-order chi connectivity index (χ0) is 27.1. The van der Waals surface area contributed by atoms with Gasteiger partial charge in [0.05, 0.1) is 16.7 Å². The number of carboxylic acid groups (broad SMARTS) is 1. The number of hydrogen-bond acceptors (Lipinski definition) is 4. The van der Waals surface area contributed by atoms with E-state index in [4.69, 9.17) is 11.6 Å². The van der Waals surface area contributed by atoms with Crippen molar-refractivity contribution in [2.75, 3.05) is 19.6 Å². The maximum Gasteiger partial charge on any atom is 0.335 e. The molecule has 1 aromatic heterocycles. The van der Waals surface area contributed by atoms with Crippen LogP contribution in [0.2, 0.25) is 5.02 Å². The molecule has 2 aromatic carbocycles. The van der Waals surface area contributed by atoms with Crippen LogP contribution in [-0.4, -0.2) is 40.7 Å². The van der Waals surface area contributed by atoms with Crippen molar-refractivity contribution < 1.29 is 19.7 Å². The summed E-state index contributed by atoms with van der Waals surface area (Å²) >= 11 is 6.07. The predicted molar refractivity (Wildman–Crippen MR) is 148 cm³/mol. The highest BCUT2D eigenvalue weighted by Gasteiger charge is 2.48. The Morgan fingerprint density at radius 3 is 2.61 bits per heavy atom. The maximum atomic E-state index is 12.6. The molecule has 2 heterocycles. The fraction of sp³-hybridized carbons (Fsp3) is 0.355. The van der Waals surface area contributed by atoms with E-state index in [1.165, 1.54) is 6.20 Å². The summed E-state index contributed by atoms with van der Waals surface area (Å²) in [7, 11) is 0. The van der Waals surface area contributed by atoms with Crippen LogP contribution in [0.25, 0.3) is 5.57 Å². The van der Waals surface area contributed by atoms with Crippen LogP contribution in [0.5, 0.6) is 0 Å². The number of carboxylic acids is 1. The third-order valence-electron chi connectivity index (χ3n) is 8.27. The van der Waals surface area contributed by atoms with Crippen molar-refractivity contribution in [1.29, 1.82) is 0 Å². The molecule has 0 bridgehead atoms. The Kier molecular flexibility index (Phi) is 7.07. The lowest BCUT2D eigenvalue weighted by Gasteiger charge is -2.50. The van der Waals surface area contributed by atoms with Crippen molar-refractivity contribution in [1.82, 2.24) is 4.90 Å². The molecule has 0 amide bonds. The van der Waals surface area contributed by atoms with Gasteiger partial charge in [-0.3, -0.25) is 0 Å². The Morgan fingerprint density at radius 2 is 1.89 bits per heavy atom. The number of nitrogens with zero attached hydrogens (tertiary/aromatic N) is 2. The minimum absolute atomic E-state index is 0.239. The molecule has 0 radical (unpaired) electrons. The summed E-state index contributed by atoms with van der Waals surface area (Å²) < 4.78 is 0.928. The normalized spacial score (nSPS) is 21.9. The first-order valence-electron chi connectivity index (χ1n) is 13.1. The first kappa shape index (κ1) is 26.4. The zero-order valence-electron chi connectivity index (χ0n) is 21.8. The Hall–Kier alpha value is -3.19. The van der Waals surface area contributed by atoms with Gasteiger partial charge in [-0.2, -0.15) is 4.73 Å². The van der Waals surface area contributed by atoms with E-state index in [1.807, 2.05) is 36.4 Å². The summed E-state index contributed by atoms with van der Waals surface area (Å²) in [5, 5.41) is 34.6. The molecule has 1 fully saturated rings. The minimum atomic E-state index is -0.965. The van der Waals surface area contributed by atoms with Crippen molar-refractivity contribution in [3.05, 3.63) is 111 Å². The van der Waals surface area contributed by atoms with Gasteiger partial charge in [-0.1, -0.05) is 49.7 Å². The number of pyridine rings is 1. The van der Waals surface area contributed by atoms with Gasteiger partial charge in [0.15, 0.2) is 6.20 Å². The average molecular weight is 533 g/mol. The van der Waals surface area contributed by atoms with Crippen molar-refractivity contribution in [3.63, 3.8) is 0 Å². The van der Waals surface area contributed by atoms with E-state index in [2.05, 4.69) is 24.8 Å². The van der Waals surface area contributed by atoms with Gasteiger partial charge in [0.2, 0.25) is 5.69 Å². The van der Waals surface area contributed by atoms with E-state index in [9.17, 15) is 20.2 Å². The zero-order valence-corrected chi connectivity index (χ0v) is 22.5. The van der Waals surface area contributed by atoms with Crippen LogP contribution < -0.4 is 4.73 Å². The van der Waals surface area contributed by atoms with Crippen LogP contribution >= 0.6 is 11.6 Å². The average Bonchev–Trinajstić information content (AvgIpc) is 3.04. The number of piperidine rings is 1. The van der Waals surface area contributed by atoms with Crippen LogP contribution in [0, 0.1) is 10.6 Å². The van der Waals surface area contributed by atoms with Crippen molar-refractivity contribution in [3.8, 4) is 0 Å². The second kappa shape index (κ2) is 10.2. The van der Waals surface area contributed by atoms with Gasteiger partial charge in [-0.15, -0.1) is 0 Å². The number of benzene rings is 2. The summed E-state index contributed by atoms with van der Waals surface area (Å²) in [6, 6.07) is 16.4. The number of aromatic carboxylic acids is 1. The van der Waals surface area contributed by atoms with Crippen LogP contribution in [0.15, 0.2) is 66.9 Å². The Bertz CT molecular complexity index is 1400. The first-order valence-corrected chi connectivity index (χ1v) is 13.5. The minimum Gasteiger partial charge on any atom is -0.618 e. The third-order valence-corrected chi connectivity index (χ3v) is 8.53. The standard InChI is InChI=1S/C31H33ClN2O4/c1-30(2)20-33(18-15-31(30,37)23-10-12-24(32)13-11-23)16-3-5-25-26-6-4-17-34(38)28(26)14-9-21-7-8-22(29(35)36)19-27(21)25/h4-8,10-13,17,19,37H,3,9,14-16,18,20H2,1-2H3,(H,35,36)/t31-/m1/s1. The van der Waals surface area contributed by atoms with E-state index in [1.54, 1.807) is 18.2 Å². The van der Waals surface area contributed by atoms with E-state index in [-0.39, 0.29) is 11.0 Å². The lowest BCUT2D eigenvalue weighted by Crippen LogP contribution is -2.55. The van der Waals surface area contributed by atoms with Crippen molar-refractivity contribution in [2.24, 2.45) is 5.41 Å². The topological polar surface area (TPSA) is 87.7 Å². The van der Waals surface area contributed by atoms with Gasteiger partial charge >= 0.3 is 5.97 Å². The molecule has 1 aliphatic carbocycles. The van der Waals surface area contributed by atoms with Gasteiger partial charge in [-0.05, 0) is 71.9 Å². The summed E-state index contributed by atoms with van der Waals surface area (Å²) in [4.78, 5) is 14.1. The number of aliphatic hydroxyl groups is 1. The van der Waals surface area contributed by atoms with E-state index in [0.29, 0.717) is 30.0 Å². The highest BCUT2D eigenvalue weighted by Crippen LogP contribution is 2.46. The molecular formula is C31H33ClN2O4. The molecule has 38 heavy (non-hydrogen) atoms. The predicted octanol–water partition coefficient (Wildman–Crippen LogP) is 5.21. The molecular weight excluding hydrogens is 500 g/mol. The highest BCUT2D eigenvalue weighted by molar-refractivity contribution is 6.30. The van der Waals surface area contributed by atoms with Crippen LogP contribution in [-0.2, 0) is 18.4 Å². The molecule has 2 aliphatic rings. The second-order valence-electron chi connectivity index (χ2n) is 11.1. The maximum absolute atomic E-state index is 12.6. The second-order valence-corrected chi connectivity index (χ2v) is 11.5. The van der Waals surface area contributed by atoms with Gasteiger partial charge in [0.25, 0.3) is 0 Å². The highest BCUT2D eigenvalue weighted by atomic mass is 35.5. The summed E-state index contributed by atoms with van der Waals surface area (Å²) in [5.41, 5.74) is 4.21. The monoisotopic (exact) mass is 532 g/mol. The number of hydrogen-bond donors (Lipinski definition) is 2. The molecule has 0 unspecified atom stereocenters. The first-order chi connectivity index (χ1) is 18.1. The number of carbonyl (C=O) groups is 1. The lowest BCUT2D eigenvalue weighted by atomic mass is 9.66. The Balaban J connectivity index is 1.40. The fourth-order valence-corrected chi connectivity index (χ4v) is 6.20. The number of rotatable bonds is 5. The number of aryl methyl sites for hydroxylation is 1. The Labute approximate surface area is 228 Å².